The summed E-state index contributed by atoms with van der Waals surface area (Å²) >= 11 is 6.00. The molecule has 1 aromatic heterocycles. The van der Waals surface area contributed by atoms with Gasteiger partial charge in [0.15, 0.2) is 0 Å². The van der Waals surface area contributed by atoms with Gasteiger partial charge in [-0.05, 0) is 30.2 Å². The highest BCUT2D eigenvalue weighted by molar-refractivity contribution is 6.30. The first-order valence-electron chi connectivity index (χ1n) is 7.62. The van der Waals surface area contributed by atoms with Crippen molar-refractivity contribution in [3.63, 3.8) is 0 Å². The summed E-state index contributed by atoms with van der Waals surface area (Å²) in [5, 5.41) is 3.51. The Hall–Kier alpha value is -2.72. The van der Waals surface area contributed by atoms with E-state index in [1.807, 2.05) is 42.5 Å². The lowest BCUT2D eigenvalue weighted by atomic mass is 10.1. The van der Waals surface area contributed by atoms with Crippen molar-refractivity contribution in [1.82, 2.24) is 15.3 Å². The van der Waals surface area contributed by atoms with Crippen LogP contribution >= 0.6 is 11.6 Å². The first-order chi connectivity index (χ1) is 11.7. The normalized spacial score (nSPS) is 10.4. The topological polar surface area (TPSA) is 54.9 Å². The summed E-state index contributed by atoms with van der Waals surface area (Å²) in [5.74, 6) is -0.211. The molecule has 0 aliphatic rings. The largest absolute Gasteiger partial charge is 0.350 e. The highest BCUT2D eigenvalue weighted by atomic mass is 35.5. The SMILES string of the molecule is O=C(NCCc1ccccc1)c1cc(-c2cccc(Cl)c2)ncn1. The molecular formula is C19H16ClN3O. The molecule has 0 bridgehead atoms. The quantitative estimate of drug-likeness (QED) is 0.771. The summed E-state index contributed by atoms with van der Waals surface area (Å²) in [5.41, 5.74) is 3.04. The van der Waals surface area contributed by atoms with E-state index in [2.05, 4.69) is 15.3 Å². The van der Waals surface area contributed by atoms with Gasteiger partial charge in [-0.2, -0.15) is 0 Å². The van der Waals surface area contributed by atoms with E-state index >= 15 is 0 Å². The highest BCUT2D eigenvalue weighted by Gasteiger charge is 2.09. The third kappa shape index (κ3) is 4.18. The van der Waals surface area contributed by atoms with Crippen molar-refractivity contribution in [2.24, 2.45) is 0 Å². The van der Waals surface area contributed by atoms with Crippen LogP contribution in [0.25, 0.3) is 11.3 Å². The fraction of sp³-hybridized carbons (Fsp3) is 0.105. The van der Waals surface area contributed by atoms with Crippen LogP contribution < -0.4 is 5.32 Å². The minimum absolute atomic E-state index is 0.211. The molecule has 0 spiro atoms. The number of halogens is 1. The van der Waals surface area contributed by atoms with E-state index in [1.165, 1.54) is 11.9 Å². The summed E-state index contributed by atoms with van der Waals surface area (Å²) < 4.78 is 0. The molecule has 1 heterocycles. The van der Waals surface area contributed by atoms with Gasteiger partial charge in [0.25, 0.3) is 5.91 Å². The lowest BCUT2D eigenvalue weighted by Crippen LogP contribution is -2.26. The van der Waals surface area contributed by atoms with Crippen molar-refractivity contribution >= 4 is 17.5 Å². The first kappa shape index (κ1) is 16.1. The Bertz CT molecular complexity index is 837. The molecule has 1 N–H and O–H groups in total. The van der Waals surface area contributed by atoms with Crippen molar-refractivity contribution in [3.05, 3.63) is 83.3 Å². The minimum Gasteiger partial charge on any atom is -0.350 e. The van der Waals surface area contributed by atoms with Crippen LogP contribution in [0.3, 0.4) is 0 Å². The molecule has 0 aliphatic heterocycles. The number of rotatable bonds is 5. The Morgan fingerprint density at radius 3 is 2.62 bits per heavy atom. The Labute approximate surface area is 145 Å². The summed E-state index contributed by atoms with van der Waals surface area (Å²) in [6.45, 7) is 0.555. The highest BCUT2D eigenvalue weighted by Crippen LogP contribution is 2.20. The van der Waals surface area contributed by atoms with Crippen molar-refractivity contribution in [2.75, 3.05) is 6.54 Å². The third-order valence-corrected chi connectivity index (χ3v) is 3.80. The monoisotopic (exact) mass is 337 g/mol. The summed E-state index contributed by atoms with van der Waals surface area (Å²) in [4.78, 5) is 20.5. The Balaban J connectivity index is 1.66. The van der Waals surface area contributed by atoms with Crippen molar-refractivity contribution < 1.29 is 4.79 Å². The van der Waals surface area contributed by atoms with E-state index < -0.39 is 0 Å². The standard InChI is InChI=1S/C19H16ClN3O/c20-16-8-4-7-15(11-16)17-12-18(23-13-22-17)19(24)21-10-9-14-5-2-1-3-6-14/h1-8,11-13H,9-10H2,(H,21,24). The van der Waals surface area contributed by atoms with Gasteiger partial charge in [-0.25, -0.2) is 9.97 Å². The van der Waals surface area contributed by atoms with E-state index in [1.54, 1.807) is 18.2 Å². The van der Waals surface area contributed by atoms with Gasteiger partial charge in [-0.3, -0.25) is 4.79 Å². The van der Waals surface area contributed by atoms with Gasteiger partial charge in [-0.1, -0.05) is 54.1 Å². The number of hydrogen-bond donors (Lipinski definition) is 1. The van der Waals surface area contributed by atoms with Crippen molar-refractivity contribution in [3.8, 4) is 11.3 Å². The van der Waals surface area contributed by atoms with Gasteiger partial charge in [0.05, 0.1) is 5.69 Å². The second-order valence-electron chi connectivity index (χ2n) is 5.29. The molecule has 0 saturated heterocycles. The molecule has 120 valence electrons. The van der Waals surface area contributed by atoms with Crippen molar-refractivity contribution in [1.29, 1.82) is 0 Å². The number of nitrogens with one attached hydrogen (secondary N) is 1. The number of carbonyl (C=O) groups is 1. The van der Waals surface area contributed by atoms with Crippen LogP contribution in [0.4, 0.5) is 0 Å². The molecule has 2 aromatic carbocycles. The predicted molar refractivity (Wildman–Crippen MR) is 95.0 cm³/mol. The van der Waals surface area contributed by atoms with E-state index in [0.29, 0.717) is 23.0 Å². The second-order valence-corrected chi connectivity index (χ2v) is 5.73. The average Bonchev–Trinajstić information content (AvgIpc) is 2.63. The lowest BCUT2D eigenvalue weighted by molar-refractivity contribution is 0.0949. The van der Waals surface area contributed by atoms with Gasteiger partial charge in [0.1, 0.15) is 12.0 Å². The smallest absolute Gasteiger partial charge is 0.270 e. The van der Waals surface area contributed by atoms with Crippen LogP contribution in [-0.4, -0.2) is 22.4 Å². The van der Waals surface area contributed by atoms with Crippen LogP contribution in [-0.2, 0) is 6.42 Å². The number of benzene rings is 2. The molecule has 0 radical (unpaired) electrons. The van der Waals surface area contributed by atoms with E-state index in [9.17, 15) is 4.79 Å². The van der Waals surface area contributed by atoms with Crippen molar-refractivity contribution in [2.45, 2.75) is 6.42 Å². The zero-order valence-corrected chi connectivity index (χ0v) is 13.7. The molecule has 1 amide bonds. The average molecular weight is 338 g/mol. The molecule has 24 heavy (non-hydrogen) atoms. The second kappa shape index (κ2) is 7.70. The number of hydrogen-bond acceptors (Lipinski definition) is 3. The Morgan fingerprint density at radius 1 is 1.00 bits per heavy atom. The van der Waals surface area contributed by atoms with E-state index in [4.69, 9.17) is 11.6 Å². The third-order valence-electron chi connectivity index (χ3n) is 3.56. The summed E-state index contributed by atoms with van der Waals surface area (Å²) in [6.07, 6.45) is 2.17. The van der Waals surface area contributed by atoms with Crippen LogP contribution in [0, 0.1) is 0 Å². The van der Waals surface area contributed by atoms with Crippen LogP contribution in [0.15, 0.2) is 67.0 Å². The van der Waals surface area contributed by atoms with Gasteiger partial charge in [0, 0.05) is 17.1 Å². The lowest BCUT2D eigenvalue weighted by Gasteiger charge is -2.06. The number of nitrogens with zero attached hydrogens (tertiary/aromatic N) is 2. The Kier molecular flexibility index (Phi) is 5.18. The molecule has 4 nitrogen and oxygen atoms in total. The van der Waals surface area contributed by atoms with Crippen LogP contribution in [0.1, 0.15) is 16.1 Å². The fourth-order valence-corrected chi connectivity index (χ4v) is 2.53. The van der Waals surface area contributed by atoms with Crippen LogP contribution in [0.2, 0.25) is 5.02 Å². The molecule has 0 aliphatic carbocycles. The maximum Gasteiger partial charge on any atom is 0.270 e. The number of amides is 1. The summed E-state index contributed by atoms with van der Waals surface area (Å²) in [7, 11) is 0. The molecule has 3 rings (SSSR count). The van der Waals surface area contributed by atoms with Gasteiger partial charge in [-0.15, -0.1) is 0 Å². The molecule has 0 saturated carbocycles. The molecule has 0 fully saturated rings. The fourth-order valence-electron chi connectivity index (χ4n) is 2.34. The number of carbonyl (C=O) groups excluding carboxylic acids is 1. The molecule has 3 aromatic rings. The molecule has 5 heteroatoms. The van der Waals surface area contributed by atoms with Gasteiger partial charge in [0.2, 0.25) is 0 Å². The maximum atomic E-state index is 12.3. The maximum absolute atomic E-state index is 12.3. The zero-order chi connectivity index (χ0) is 16.8. The van der Waals surface area contributed by atoms with E-state index in [0.717, 1.165) is 12.0 Å². The van der Waals surface area contributed by atoms with Gasteiger partial charge < -0.3 is 5.32 Å². The molecule has 0 atom stereocenters. The van der Waals surface area contributed by atoms with Crippen LogP contribution in [0.5, 0.6) is 0 Å². The molecule has 0 unspecified atom stereocenters. The molecular weight excluding hydrogens is 322 g/mol. The summed E-state index contributed by atoms with van der Waals surface area (Å²) in [6, 6.07) is 19.0. The predicted octanol–water partition coefficient (Wildman–Crippen LogP) is 3.77. The van der Waals surface area contributed by atoms with Gasteiger partial charge >= 0.3 is 0 Å². The number of aromatic nitrogens is 2. The van der Waals surface area contributed by atoms with E-state index in [-0.39, 0.29) is 5.91 Å². The minimum atomic E-state index is -0.211. The first-order valence-corrected chi connectivity index (χ1v) is 8.00. The zero-order valence-electron chi connectivity index (χ0n) is 12.9. The Morgan fingerprint density at radius 2 is 1.83 bits per heavy atom.